The molecule has 25 heavy (non-hydrogen) atoms. The minimum Gasteiger partial charge on any atom is -0.434 e. The summed E-state index contributed by atoms with van der Waals surface area (Å²) in [5.74, 6) is 0.762. The van der Waals surface area contributed by atoms with Gasteiger partial charge in [0.15, 0.2) is 0 Å². The van der Waals surface area contributed by atoms with E-state index >= 15 is 0 Å². The minimum absolute atomic E-state index is 0.0125. The van der Waals surface area contributed by atoms with Crippen LogP contribution in [-0.2, 0) is 0 Å². The highest BCUT2D eigenvalue weighted by Gasteiger charge is 2.25. The van der Waals surface area contributed by atoms with E-state index in [1.165, 1.54) is 6.33 Å². The van der Waals surface area contributed by atoms with Gasteiger partial charge in [0.25, 0.3) is 0 Å². The Kier molecular flexibility index (Phi) is 4.51. The van der Waals surface area contributed by atoms with Crippen LogP contribution in [0.2, 0.25) is 0 Å². The third-order valence-corrected chi connectivity index (χ3v) is 3.36. The lowest BCUT2D eigenvalue weighted by Gasteiger charge is -2.09. The normalized spacial score (nSPS) is 10.3. The lowest BCUT2D eigenvalue weighted by molar-refractivity contribution is -0.385. The van der Waals surface area contributed by atoms with E-state index in [2.05, 4.69) is 20.3 Å². The summed E-state index contributed by atoms with van der Waals surface area (Å²) in [6.07, 6.45) is 2.85. The first-order valence-corrected chi connectivity index (χ1v) is 7.46. The van der Waals surface area contributed by atoms with Gasteiger partial charge < -0.3 is 10.1 Å². The van der Waals surface area contributed by atoms with Crippen LogP contribution in [0.5, 0.6) is 11.6 Å². The van der Waals surface area contributed by atoms with E-state index in [-0.39, 0.29) is 17.4 Å². The lowest BCUT2D eigenvalue weighted by Crippen LogP contribution is -2.04. The summed E-state index contributed by atoms with van der Waals surface area (Å²) >= 11 is 0. The zero-order valence-corrected chi connectivity index (χ0v) is 13.6. The number of aryl methyl sites for hydroxylation is 2. The zero-order chi connectivity index (χ0) is 17.8. The van der Waals surface area contributed by atoms with Gasteiger partial charge in [-0.1, -0.05) is 23.8 Å². The number of benzene rings is 1. The first kappa shape index (κ1) is 16.3. The Morgan fingerprint density at radius 1 is 1.00 bits per heavy atom. The maximum Gasteiger partial charge on any atom is 0.373 e. The molecule has 0 saturated carbocycles. The number of ether oxygens (including phenoxy) is 1. The molecule has 8 heteroatoms. The fraction of sp³-hybridized carbons (Fsp3) is 0.118. The summed E-state index contributed by atoms with van der Waals surface area (Å²) in [7, 11) is 0. The van der Waals surface area contributed by atoms with Gasteiger partial charge in [-0.2, -0.15) is 4.98 Å². The number of nitrogens with zero attached hydrogens (tertiary/aromatic N) is 4. The smallest absolute Gasteiger partial charge is 0.373 e. The molecule has 0 saturated heterocycles. The average molecular weight is 337 g/mol. The average Bonchev–Trinajstić information content (AvgIpc) is 2.59. The van der Waals surface area contributed by atoms with Gasteiger partial charge in [0.2, 0.25) is 5.82 Å². The highest BCUT2D eigenvalue weighted by atomic mass is 16.6. The molecule has 0 radical (unpaired) electrons. The number of pyridine rings is 1. The van der Waals surface area contributed by atoms with Crippen molar-refractivity contribution in [2.24, 2.45) is 0 Å². The fourth-order valence-corrected chi connectivity index (χ4v) is 2.07. The number of rotatable bonds is 5. The number of hydrogen-bond donors (Lipinski definition) is 1. The van der Waals surface area contributed by atoms with E-state index in [0.717, 1.165) is 11.1 Å². The van der Waals surface area contributed by atoms with E-state index in [9.17, 15) is 10.1 Å². The number of anilines is 2. The van der Waals surface area contributed by atoms with Gasteiger partial charge >= 0.3 is 11.6 Å². The second-order valence-electron chi connectivity index (χ2n) is 5.39. The van der Waals surface area contributed by atoms with Crippen LogP contribution in [-0.4, -0.2) is 19.9 Å². The van der Waals surface area contributed by atoms with Crippen LogP contribution >= 0.6 is 0 Å². The standard InChI is InChI=1S/C17H15N5O3/c1-11-3-6-13(7-4-11)25-17-15(22(23)24)16(19-10-20-17)21-14-8-5-12(2)9-18-14/h3-10H,1-2H3,(H,18,19,20,21). The maximum absolute atomic E-state index is 11.5. The monoisotopic (exact) mass is 337 g/mol. The van der Waals surface area contributed by atoms with Crippen LogP contribution in [0.4, 0.5) is 17.3 Å². The highest BCUT2D eigenvalue weighted by Crippen LogP contribution is 2.35. The second kappa shape index (κ2) is 6.91. The van der Waals surface area contributed by atoms with Crippen LogP contribution < -0.4 is 10.1 Å². The van der Waals surface area contributed by atoms with Gasteiger partial charge in [0, 0.05) is 6.20 Å². The largest absolute Gasteiger partial charge is 0.434 e. The number of aromatic nitrogens is 3. The molecule has 2 aromatic heterocycles. The van der Waals surface area contributed by atoms with Crippen LogP contribution in [0.1, 0.15) is 11.1 Å². The molecule has 1 aromatic carbocycles. The summed E-state index contributed by atoms with van der Waals surface area (Å²) in [6, 6.07) is 10.7. The lowest BCUT2D eigenvalue weighted by atomic mass is 10.2. The number of hydrogen-bond acceptors (Lipinski definition) is 7. The van der Waals surface area contributed by atoms with Gasteiger partial charge in [-0.3, -0.25) is 10.1 Å². The quantitative estimate of drug-likeness (QED) is 0.555. The van der Waals surface area contributed by atoms with Crippen LogP contribution in [0.15, 0.2) is 48.9 Å². The summed E-state index contributed by atoms with van der Waals surface area (Å²) in [5, 5.41) is 14.3. The second-order valence-corrected chi connectivity index (χ2v) is 5.39. The first-order chi connectivity index (χ1) is 12.0. The van der Waals surface area contributed by atoms with Crippen molar-refractivity contribution in [3.63, 3.8) is 0 Å². The Morgan fingerprint density at radius 2 is 1.72 bits per heavy atom. The van der Waals surface area contributed by atoms with Gasteiger partial charge in [-0.25, -0.2) is 9.97 Å². The molecule has 0 amide bonds. The molecule has 3 aromatic rings. The van der Waals surface area contributed by atoms with Crippen molar-refractivity contribution in [2.75, 3.05) is 5.32 Å². The Bertz CT molecular complexity index is 829. The van der Waals surface area contributed by atoms with Gasteiger partial charge in [-0.05, 0) is 37.6 Å². The molecule has 0 fully saturated rings. The molecular formula is C17H15N5O3. The topological polar surface area (TPSA) is 103 Å². The van der Waals surface area contributed by atoms with Crippen LogP contribution in [0.3, 0.4) is 0 Å². The van der Waals surface area contributed by atoms with Crippen molar-refractivity contribution in [1.29, 1.82) is 0 Å². The van der Waals surface area contributed by atoms with E-state index in [0.29, 0.717) is 11.6 Å². The minimum atomic E-state index is -0.583. The molecule has 0 bridgehead atoms. The molecule has 3 rings (SSSR count). The molecule has 0 spiro atoms. The third-order valence-electron chi connectivity index (χ3n) is 3.36. The highest BCUT2D eigenvalue weighted by molar-refractivity contribution is 5.67. The SMILES string of the molecule is Cc1ccc(Oc2ncnc(Nc3ccc(C)cn3)c2[N+](=O)[O-])cc1. The predicted molar refractivity (Wildman–Crippen MR) is 92.2 cm³/mol. The van der Waals surface area contributed by atoms with Gasteiger partial charge in [0.05, 0.1) is 4.92 Å². The molecule has 8 nitrogen and oxygen atoms in total. The maximum atomic E-state index is 11.5. The molecule has 2 heterocycles. The Balaban J connectivity index is 1.94. The molecular weight excluding hydrogens is 322 g/mol. The molecule has 0 unspecified atom stereocenters. The van der Waals surface area contributed by atoms with Crippen molar-refractivity contribution in [3.05, 3.63) is 70.2 Å². The van der Waals surface area contributed by atoms with Crippen molar-refractivity contribution < 1.29 is 9.66 Å². The van der Waals surface area contributed by atoms with E-state index < -0.39 is 4.92 Å². The Labute approximate surface area is 143 Å². The van der Waals surface area contributed by atoms with Crippen molar-refractivity contribution in [2.45, 2.75) is 13.8 Å². The Morgan fingerprint density at radius 3 is 2.36 bits per heavy atom. The van der Waals surface area contributed by atoms with E-state index in [1.807, 2.05) is 32.0 Å². The molecule has 0 aliphatic heterocycles. The van der Waals surface area contributed by atoms with E-state index in [4.69, 9.17) is 4.74 Å². The van der Waals surface area contributed by atoms with Crippen LogP contribution in [0.25, 0.3) is 0 Å². The van der Waals surface area contributed by atoms with Crippen molar-refractivity contribution >= 4 is 17.3 Å². The van der Waals surface area contributed by atoms with Crippen molar-refractivity contribution in [1.82, 2.24) is 15.0 Å². The molecule has 126 valence electrons. The van der Waals surface area contributed by atoms with Crippen molar-refractivity contribution in [3.8, 4) is 11.6 Å². The summed E-state index contributed by atoms with van der Waals surface area (Å²) in [6.45, 7) is 3.84. The number of nitro groups is 1. The van der Waals surface area contributed by atoms with Gasteiger partial charge in [0.1, 0.15) is 17.9 Å². The van der Waals surface area contributed by atoms with Gasteiger partial charge in [-0.15, -0.1) is 0 Å². The molecule has 0 aliphatic rings. The summed E-state index contributed by atoms with van der Waals surface area (Å²) < 4.78 is 5.57. The summed E-state index contributed by atoms with van der Waals surface area (Å²) in [5.41, 5.74) is 1.67. The third kappa shape index (κ3) is 3.86. The predicted octanol–water partition coefficient (Wildman–Crippen LogP) is 3.93. The Hall–Kier alpha value is -3.55. The fourth-order valence-electron chi connectivity index (χ4n) is 2.07. The molecule has 0 atom stereocenters. The molecule has 1 N–H and O–H groups in total. The number of nitrogens with one attached hydrogen (secondary N) is 1. The first-order valence-electron chi connectivity index (χ1n) is 7.46. The van der Waals surface area contributed by atoms with Crippen LogP contribution in [0, 0.1) is 24.0 Å². The van der Waals surface area contributed by atoms with E-state index in [1.54, 1.807) is 24.4 Å². The zero-order valence-electron chi connectivity index (χ0n) is 13.6. The summed E-state index contributed by atoms with van der Waals surface area (Å²) in [4.78, 5) is 22.9. The molecule has 0 aliphatic carbocycles.